The fraction of sp³-hybridized carbons (Fsp3) is 0.286. The Bertz CT molecular complexity index is 1320. The van der Waals surface area contributed by atoms with Gasteiger partial charge in [0.2, 0.25) is 21.8 Å². The van der Waals surface area contributed by atoms with Crippen molar-refractivity contribution < 1.29 is 18.0 Å². The van der Waals surface area contributed by atoms with E-state index in [1.54, 1.807) is 24.3 Å². The first-order valence-electron chi connectivity index (χ1n) is 12.2. The number of carbonyl (C=O) groups excluding carboxylic acids is 2. The van der Waals surface area contributed by atoms with Gasteiger partial charge in [0, 0.05) is 28.5 Å². The van der Waals surface area contributed by atoms with Gasteiger partial charge in [-0.2, -0.15) is 0 Å². The quantitative estimate of drug-likeness (QED) is 0.291. The van der Waals surface area contributed by atoms with Crippen LogP contribution < -0.4 is 9.62 Å². The van der Waals surface area contributed by atoms with E-state index in [4.69, 9.17) is 0 Å². The number of nitrogens with one attached hydrogen (secondary N) is 1. The van der Waals surface area contributed by atoms with Crippen molar-refractivity contribution in [1.82, 2.24) is 10.2 Å². The summed E-state index contributed by atoms with van der Waals surface area (Å²) in [6, 6.07) is 22.8. The van der Waals surface area contributed by atoms with Crippen molar-refractivity contribution in [3.05, 3.63) is 98.9 Å². The summed E-state index contributed by atoms with van der Waals surface area (Å²) in [5.74, 6) is -0.760. The molecule has 0 heterocycles. The Morgan fingerprint density at radius 1 is 0.868 bits per heavy atom. The highest BCUT2D eigenvalue weighted by Crippen LogP contribution is 2.23. The standard InChI is InChI=1S/C28H31Br2N3O4S/c1-3-17-31-28(35)26(18-21-7-5-4-6-8-21)32(19-22-9-11-23(29)12-10-22)27(34)20-33(38(2,36)37)25-15-13-24(30)14-16-25/h4-16,26H,3,17-20H2,1-2H3,(H,31,35)/t26-/m1/s1. The van der Waals surface area contributed by atoms with Gasteiger partial charge in [-0.3, -0.25) is 13.9 Å². The van der Waals surface area contributed by atoms with Crippen LogP contribution in [0.25, 0.3) is 0 Å². The van der Waals surface area contributed by atoms with Crippen LogP contribution in [0, 0.1) is 0 Å². The van der Waals surface area contributed by atoms with Crippen LogP contribution in [0.3, 0.4) is 0 Å². The van der Waals surface area contributed by atoms with Gasteiger partial charge >= 0.3 is 0 Å². The first kappa shape index (κ1) is 29.9. The van der Waals surface area contributed by atoms with Crippen LogP contribution >= 0.6 is 31.9 Å². The van der Waals surface area contributed by atoms with E-state index < -0.39 is 28.5 Å². The molecule has 0 aliphatic rings. The van der Waals surface area contributed by atoms with Crippen molar-refractivity contribution in [3.8, 4) is 0 Å². The van der Waals surface area contributed by atoms with E-state index in [1.807, 2.05) is 61.5 Å². The molecule has 0 fully saturated rings. The van der Waals surface area contributed by atoms with Crippen LogP contribution in [-0.4, -0.2) is 50.5 Å². The van der Waals surface area contributed by atoms with Crippen molar-refractivity contribution in [2.45, 2.75) is 32.4 Å². The Kier molecular flexibility index (Phi) is 10.9. The Balaban J connectivity index is 2.02. The number of rotatable bonds is 12. The van der Waals surface area contributed by atoms with E-state index in [0.29, 0.717) is 12.2 Å². The van der Waals surface area contributed by atoms with E-state index in [0.717, 1.165) is 37.1 Å². The van der Waals surface area contributed by atoms with E-state index in [2.05, 4.69) is 37.2 Å². The monoisotopic (exact) mass is 663 g/mol. The fourth-order valence-electron chi connectivity index (χ4n) is 3.93. The summed E-state index contributed by atoms with van der Waals surface area (Å²) in [4.78, 5) is 28.9. The van der Waals surface area contributed by atoms with E-state index in [9.17, 15) is 18.0 Å². The number of amides is 2. The third-order valence-electron chi connectivity index (χ3n) is 5.88. The maximum Gasteiger partial charge on any atom is 0.244 e. The minimum absolute atomic E-state index is 0.140. The lowest BCUT2D eigenvalue weighted by Crippen LogP contribution is -2.53. The zero-order chi connectivity index (χ0) is 27.7. The number of anilines is 1. The molecule has 3 rings (SSSR count). The molecule has 1 atom stereocenters. The lowest BCUT2D eigenvalue weighted by molar-refractivity contribution is -0.140. The largest absolute Gasteiger partial charge is 0.354 e. The number of halogens is 2. The molecule has 0 aliphatic heterocycles. The molecule has 0 bridgehead atoms. The Labute approximate surface area is 241 Å². The van der Waals surface area contributed by atoms with Crippen LogP contribution in [0.1, 0.15) is 24.5 Å². The van der Waals surface area contributed by atoms with Crippen molar-refractivity contribution in [3.63, 3.8) is 0 Å². The molecule has 0 saturated heterocycles. The van der Waals surface area contributed by atoms with Crippen LogP contribution in [0.5, 0.6) is 0 Å². The SMILES string of the molecule is CCCNC(=O)[C@@H](Cc1ccccc1)N(Cc1ccc(Br)cc1)C(=O)CN(c1ccc(Br)cc1)S(C)(=O)=O. The summed E-state index contributed by atoms with van der Waals surface area (Å²) in [6.45, 7) is 2.13. The number of hydrogen-bond acceptors (Lipinski definition) is 4. The molecule has 0 aliphatic carbocycles. The second-order valence-electron chi connectivity index (χ2n) is 8.89. The molecule has 0 radical (unpaired) electrons. The van der Waals surface area contributed by atoms with E-state index in [-0.39, 0.29) is 18.9 Å². The third kappa shape index (κ3) is 8.68. The Morgan fingerprint density at radius 2 is 1.45 bits per heavy atom. The minimum Gasteiger partial charge on any atom is -0.354 e. The van der Waals surface area contributed by atoms with Crippen LogP contribution in [0.15, 0.2) is 87.8 Å². The van der Waals surface area contributed by atoms with Gasteiger partial charge in [-0.15, -0.1) is 0 Å². The highest BCUT2D eigenvalue weighted by Gasteiger charge is 2.32. The maximum atomic E-state index is 13.9. The highest BCUT2D eigenvalue weighted by molar-refractivity contribution is 9.10. The molecule has 0 aromatic heterocycles. The lowest BCUT2D eigenvalue weighted by atomic mass is 10.0. The molecule has 1 N–H and O–H groups in total. The van der Waals surface area contributed by atoms with Crippen molar-refractivity contribution >= 4 is 59.4 Å². The summed E-state index contributed by atoms with van der Waals surface area (Å²) in [6.07, 6.45) is 2.10. The van der Waals surface area contributed by atoms with Crippen LogP contribution in [-0.2, 0) is 32.6 Å². The topological polar surface area (TPSA) is 86.8 Å². The summed E-state index contributed by atoms with van der Waals surface area (Å²) in [7, 11) is -3.79. The Hall–Kier alpha value is -2.69. The molecule has 2 amide bonds. The molecular formula is C28H31Br2N3O4S. The van der Waals surface area contributed by atoms with Gasteiger partial charge in [-0.25, -0.2) is 8.42 Å². The first-order valence-corrected chi connectivity index (χ1v) is 15.6. The summed E-state index contributed by atoms with van der Waals surface area (Å²) in [5, 5.41) is 2.93. The molecular weight excluding hydrogens is 634 g/mol. The molecule has 0 unspecified atom stereocenters. The van der Waals surface area contributed by atoms with E-state index >= 15 is 0 Å². The van der Waals surface area contributed by atoms with Gasteiger partial charge in [0.05, 0.1) is 11.9 Å². The van der Waals surface area contributed by atoms with Crippen LogP contribution in [0.4, 0.5) is 5.69 Å². The van der Waals surface area contributed by atoms with Gasteiger partial charge in [0.1, 0.15) is 12.6 Å². The lowest BCUT2D eigenvalue weighted by Gasteiger charge is -2.33. The summed E-state index contributed by atoms with van der Waals surface area (Å²) < 4.78 is 28.3. The molecule has 7 nitrogen and oxygen atoms in total. The molecule has 202 valence electrons. The van der Waals surface area contributed by atoms with E-state index in [1.165, 1.54) is 4.90 Å². The molecule has 3 aromatic carbocycles. The van der Waals surface area contributed by atoms with Gasteiger partial charge in [-0.05, 0) is 53.9 Å². The van der Waals surface area contributed by atoms with Gasteiger partial charge in [0.25, 0.3) is 0 Å². The average molecular weight is 665 g/mol. The number of benzene rings is 3. The minimum atomic E-state index is -3.79. The summed E-state index contributed by atoms with van der Waals surface area (Å²) in [5.41, 5.74) is 2.07. The molecule has 3 aromatic rings. The van der Waals surface area contributed by atoms with Gasteiger partial charge in [-0.1, -0.05) is 81.2 Å². The number of carbonyl (C=O) groups is 2. The second-order valence-corrected chi connectivity index (χ2v) is 12.6. The number of nitrogens with zero attached hydrogens (tertiary/aromatic N) is 2. The summed E-state index contributed by atoms with van der Waals surface area (Å²) >= 11 is 6.79. The number of hydrogen-bond donors (Lipinski definition) is 1. The first-order chi connectivity index (χ1) is 18.1. The van der Waals surface area contributed by atoms with Crippen LogP contribution in [0.2, 0.25) is 0 Å². The third-order valence-corrected chi connectivity index (χ3v) is 8.08. The van der Waals surface area contributed by atoms with Crippen molar-refractivity contribution in [1.29, 1.82) is 0 Å². The molecule has 0 spiro atoms. The highest BCUT2D eigenvalue weighted by atomic mass is 79.9. The van der Waals surface area contributed by atoms with Crippen molar-refractivity contribution in [2.75, 3.05) is 23.7 Å². The molecule has 38 heavy (non-hydrogen) atoms. The molecule has 10 heteroatoms. The molecule has 0 saturated carbocycles. The zero-order valence-electron chi connectivity index (χ0n) is 21.3. The maximum absolute atomic E-state index is 13.9. The zero-order valence-corrected chi connectivity index (χ0v) is 25.3. The number of sulfonamides is 1. The average Bonchev–Trinajstić information content (AvgIpc) is 2.89. The Morgan fingerprint density at radius 3 is 2.00 bits per heavy atom. The smallest absolute Gasteiger partial charge is 0.244 e. The normalized spacial score (nSPS) is 12.0. The van der Waals surface area contributed by atoms with Crippen molar-refractivity contribution in [2.24, 2.45) is 0 Å². The second kappa shape index (κ2) is 13.9. The predicted molar refractivity (Wildman–Crippen MR) is 158 cm³/mol. The van der Waals surface area contributed by atoms with Gasteiger partial charge in [0.15, 0.2) is 0 Å². The fourth-order valence-corrected chi connectivity index (χ4v) is 5.31. The predicted octanol–water partition coefficient (Wildman–Crippen LogP) is 5.14. The van der Waals surface area contributed by atoms with Gasteiger partial charge < -0.3 is 10.2 Å².